The molecule has 0 saturated carbocycles. The zero-order valence-corrected chi connectivity index (χ0v) is 24.7. The number of nitrogens with zero attached hydrogens (tertiary/aromatic N) is 3. The van der Waals surface area contributed by atoms with Crippen LogP contribution >= 0.6 is 11.3 Å². The molecule has 214 valence electrons. The minimum Gasteiger partial charge on any atom is -0.349 e. The summed E-state index contributed by atoms with van der Waals surface area (Å²) in [5, 5.41) is 5.08. The Morgan fingerprint density at radius 3 is 2.19 bits per heavy atom. The molecule has 1 N–H and O–H groups in total. The highest BCUT2D eigenvalue weighted by atomic mass is 32.1. The van der Waals surface area contributed by atoms with Crippen molar-refractivity contribution in [1.29, 1.82) is 0 Å². The first-order valence-electron chi connectivity index (χ1n) is 14.3. The van der Waals surface area contributed by atoms with Gasteiger partial charge in [0.15, 0.2) is 4.96 Å². The van der Waals surface area contributed by atoms with Crippen molar-refractivity contribution in [2.24, 2.45) is 0 Å². The first-order chi connectivity index (χ1) is 21.1. The van der Waals surface area contributed by atoms with E-state index in [9.17, 15) is 9.59 Å². The molecule has 0 fully saturated rings. The van der Waals surface area contributed by atoms with Gasteiger partial charge in [0.1, 0.15) is 5.69 Å². The number of carbonyl (C=O) groups excluding carboxylic acids is 2. The van der Waals surface area contributed by atoms with Crippen molar-refractivity contribution in [3.05, 3.63) is 155 Å². The van der Waals surface area contributed by atoms with E-state index in [-0.39, 0.29) is 24.4 Å². The molecule has 0 radical (unpaired) electrons. The highest BCUT2D eigenvalue weighted by molar-refractivity contribution is 7.15. The minimum atomic E-state index is -0.325. The monoisotopic (exact) mass is 584 g/mol. The predicted octanol–water partition coefficient (Wildman–Crippen LogP) is 7.05. The average Bonchev–Trinajstić information content (AvgIpc) is 3.63. The summed E-state index contributed by atoms with van der Waals surface area (Å²) in [7, 11) is 0. The van der Waals surface area contributed by atoms with Gasteiger partial charge in [-0.1, -0.05) is 109 Å². The Bertz CT molecular complexity index is 1830. The molecule has 43 heavy (non-hydrogen) atoms. The smallest absolute Gasteiger partial charge is 0.270 e. The summed E-state index contributed by atoms with van der Waals surface area (Å²) >= 11 is 1.49. The minimum absolute atomic E-state index is 0.0840. The number of fused-ring (bicyclic) bond motifs is 1. The molecule has 0 aliphatic rings. The summed E-state index contributed by atoms with van der Waals surface area (Å²) in [5.41, 5.74) is 5.79. The van der Waals surface area contributed by atoms with E-state index in [1.807, 2.05) is 131 Å². The van der Waals surface area contributed by atoms with Gasteiger partial charge in [-0.3, -0.25) is 14.0 Å². The second-order valence-corrected chi connectivity index (χ2v) is 11.4. The molecular formula is C36H32N4O2S. The molecule has 2 aromatic heterocycles. The quantitative estimate of drug-likeness (QED) is 0.188. The molecule has 2 amide bonds. The van der Waals surface area contributed by atoms with Crippen LogP contribution in [0.2, 0.25) is 0 Å². The zero-order chi connectivity index (χ0) is 29.6. The van der Waals surface area contributed by atoms with Crippen LogP contribution < -0.4 is 5.32 Å². The fourth-order valence-electron chi connectivity index (χ4n) is 5.48. The molecule has 0 aliphatic carbocycles. The standard InChI is InChI=1S/C36H32N4O2S/c1-26-33(39-21-22-43-36(39)38-26)34(41)37-24-30(23-27-13-5-2-6-14-27)40(25-28-15-7-3-8-16-28)35(42)32-20-12-11-19-31(32)29-17-9-4-10-18-29/h2-22,30H,23-25H2,1H3,(H,37,41)/t30-/m0/s1. The summed E-state index contributed by atoms with van der Waals surface area (Å²) in [6, 6.07) is 37.5. The zero-order valence-electron chi connectivity index (χ0n) is 23.9. The summed E-state index contributed by atoms with van der Waals surface area (Å²) in [6.45, 7) is 2.52. The molecule has 0 spiro atoms. The lowest BCUT2D eigenvalue weighted by atomic mass is 9.97. The van der Waals surface area contributed by atoms with Gasteiger partial charge in [0.2, 0.25) is 0 Å². The Morgan fingerprint density at radius 2 is 1.47 bits per heavy atom. The normalized spacial score (nSPS) is 11.7. The third-order valence-corrected chi connectivity index (χ3v) is 8.36. The molecule has 4 aromatic carbocycles. The second kappa shape index (κ2) is 12.9. The van der Waals surface area contributed by atoms with Gasteiger partial charge in [0, 0.05) is 30.2 Å². The van der Waals surface area contributed by atoms with E-state index < -0.39 is 0 Å². The Morgan fingerprint density at radius 1 is 0.837 bits per heavy atom. The Labute approximate surface area is 255 Å². The van der Waals surface area contributed by atoms with E-state index in [0.717, 1.165) is 27.2 Å². The van der Waals surface area contributed by atoms with E-state index in [4.69, 9.17) is 0 Å². The second-order valence-electron chi connectivity index (χ2n) is 10.5. The van der Waals surface area contributed by atoms with E-state index in [1.165, 1.54) is 11.3 Å². The third kappa shape index (κ3) is 6.27. The van der Waals surface area contributed by atoms with E-state index in [0.29, 0.717) is 29.9 Å². The summed E-state index contributed by atoms with van der Waals surface area (Å²) in [6.07, 6.45) is 2.44. The Balaban J connectivity index is 1.38. The maximum absolute atomic E-state index is 14.6. The van der Waals surface area contributed by atoms with Gasteiger partial charge in [-0.25, -0.2) is 4.98 Å². The molecule has 6 nitrogen and oxygen atoms in total. The molecule has 6 aromatic rings. The number of amides is 2. The highest BCUT2D eigenvalue weighted by Gasteiger charge is 2.28. The number of aryl methyl sites for hydroxylation is 1. The van der Waals surface area contributed by atoms with E-state index in [2.05, 4.69) is 22.4 Å². The fraction of sp³-hybridized carbons (Fsp3) is 0.139. The molecule has 0 aliphatic heterocycles. The first-order valence-corrected chi connectivity index (χ1v) is 15.2. The van der Waals surface area contributed by atoms with Gasteiger partial charge in [-0.2, -0.15) is 0 Å². The maximum atomic E-state index is 14.6. The molecule has 0 saturated heterocycles. The van der Waals surface area contributed by atoms with Gasteiger partial charge in [0.05, 0.1) is 11.7 Å². The summed E-state index contributed by atoms with van der Waals surface area (Å²) in [4.78, 5) is 35.5. The van der Waals surface area contributed by atoms with Crippen molar-refractivity contribution in [1.82, 2.24) is 19.6 Å². The van der Waals surface area contributed by atoms with Crippen molar-refractivity contribution >= 4 is 28.1 Å². The number of thiazole rings is 1. The molecule has 2 heterocycles. The Kier molecular flexibility index (Phi) is 8.42. The van der Waals surface area contributed by atoms with Gasteiger partial charge >= 0.3 is 0 Å². The van der Waals surface area contributed by atoms with Crippen LogP contribution in [-0.2, 0) is 13.0 Å². The van der Waals surface area contributed by atoms with Crippen LogP contribution in [0.5, 0.6) is 0 Å². The van der Waals surface area contributed by atoms with Crippen LogP contribution in [0.4, 0.5) is 0 Å². The van der Waals surface area contributed by atoms with Crippen molar-refractivity contribution in [2.45, 2.75) is 25.9 Å². The molecular weight excluding hydrogens is 552 g/mol. The lowest BCUT2D eigenvalue weighted by molar-refractivity contribution is 0.0647. The highest BCUT2D eigenvalue weighted by Crippen LogP contribution is 2.27. The largest absolute Gasteiger partial charge is 0.349 e. The predicted molar refractivity (Wildman–Crippen MR) is 172 cm³/mol. The first kappa shape index (κ1) is 28.1. The summed E-state index contributed by atoms with van der Waals surface area (Å²) < 4.78 is 1.82. The molecule has 0 bridgehead atoms. The number of aromatic nitrogens is 2. The number of hydrogen-bond donors (Lipinski definition) is 1. The third-order valence-electron chi connectivity index (χ3n) is 7.60. The van der Waals surface area contributed by atoms with Crippen molar-refractivity contribution in [3.63, 3.8) is 0 Å². The van der Waals surface area contributed by atoms with Gasteiger partial charge < -0.3 is 10.2 Å². The van der Waals surface area contributed by atoms with E-state index >= 15 is 0 Å². The molecule has 7 heteroatoms. The summed E-state index contributed by atoms with van der Waals surface area (Å²) in [5.74, 6) is -0.294. The number of carbonyl (C=O) groups is 2. The number of benzene rings is 4. The van der Waals surface area contributed by atoms with Crippen LogP contribution in [0.15, 0.2) is 127 Å². The van der Waals surface area contributed by atoms with Crippen LogP contribution in [-0.4, -0.2) is 38.7 Å². The Hall–Kier alpha value is -5.01. The number of rotatable bonds is 10. The van der Waals surface area contributed by atoms with Gasteiger partial charge in [-0.05, 0) is 41.7 Å². The maximum Gasteiger partial charge on any atom is 0.270 e. The van der Waals surface area contributed by atoms with Crippen LogP contribution in [0, 0.1) is 6.92 Å². The van der Waals surface area contributed by atoms with Crippen LogP contribution in [0.25, 0.3) is 16.1 Å². The lowest BCUT2D eigenvalue weighted by Gasteiger charge is -2.33. The topological polar surface area (TPSA) is 66.7 Å². The van der Waals surface area contributed by atoms with Crippen LogP contribution in [0.1, 0.15) is 37.7 Å². The van der Waals surface area contributed by atoms with Crippen molar-refractivity contribution in [2.75, 3.05) is 6.54 Å². The lowest BCUT2D eigenvalue weighted by Crippen LogP contribution is -2.48. The number of hydrogen-bond acceptors (Lipinski definition) is 4. The molecule has 1 atom stereocenters. The molecule has 6 rings (SSSR count). The van der Waals surface area contributed by atoms with Crippen molar-refractivity contribution in [3.8, 4) is 11.1 Å². The SMILES string of the molecule is Cc1nc2sccn2c1C(=O)NC[C@H](Cc1ccccc1)N(Cc1ccccc1)C(=O)c1ccccc1-c1ccccc1. The fourth-order valence-corrected chi connectivity index (χ4v) is 6.24. The van der Waals surface area contributed by atoms with Crippen LogP contribution in [0.3, 0.4) is 0 Å². The van der Waals surface area contributed by atoms with Gasteiger partial charge in [-0.15, -0.1) is 11.3 Å². The van der Waals surface area contributed by atoms with Gasteiger partial charge in [0.25, 0.3) is 11.8 Å². The van der Waals surface area contributed by atoms with E-state index in [1.54, 1.807) is 0 Å². The average molecular weight is 585 g/mol. The number of nitrogens with one attached hydrogen (secondary N) is 1. The molecule has 0 unspecified atom stereocenters. The van der Waals surface area contributed by atoms with Crippen molar-refractivity contribution < 1.29 is 9.59 Å². The number of imidazole rings is 1.